The average molecular weight is 309 g/mol. The minimum atomic E-state index is -0.294. The predicted molar refractivity (Wildman–Crippen MR) is 74.0 cm³/mol. The fraction of sp³-hybridized carbons (Fsp3) is 0.385. The van der Waals surface area contributed by atoms with Crippen LogP contribution in [-0.4, -0.2) is 9.55 Å². The zero-order valence-electron chi connectivity index (χ0n) is 9.78. The lowest BCUT2D eigenvalue weighted by molar-refractivity contribution is 0.483. The molecule has 0 saturated heterocycles. The van der Waals surface area contributed by atoms with Crippen molar-refractivity contribution in [1.29, 1.82) is 0 Å². The van der Waals surface area contributed by atoms with Crippen molar-refractivity contribution < 1.29 is 0 Å². The minimum absolute atomic E-state index is 0.0535. The second-order valence-corrected chi connectivity index (χ2v) is 5.56. The van der Waals surface area contributed by atoms with Crippen LogP contribution in [0.4, 0.5) is 0 Å². The van der Waals surface area contributed by atoms with E-state index in [9.17, 15) is 9.59 Å². The lowest BCUT2D eigenvalue weighted by Gasteiger charge is -2.13. The molecule has 0 spiro atoms. The van der Waals surface area contributed by atoms with Crippen LogP contribution in [0.2, 0.25) is 0 Å². The lowest BCUT2D eigenvalue weighted by atomic mass is 10.2. The Kier molecular flexibility index (Phi) is 2.86. The molecule has 0 aliphatic heterocycles. The second-order valence-electron chi connectivity index (χ2n) is 4.71. The normalized spacial score (nSPS) is 16.5. The number of rotatable bonds is 1. The number of aromatic nitrogens is 2. The zero-order valence-corrected chi connectivity index (χ0v) is 11.4. The van der Waals surface area contributed by atoms with Gasteiger partial charge in [-0.1, -0.05) is 18.9 Å². The van der Waals surface area contributed by atoms with Crippen LogP contribution in [0.3, 0.4) is 0 Å². The van der Waals surface area contributed by atoms with Gasteiger partial charge in [0.2, 0.25) is 0 Å². The highest BCUT2D eigenvalue weighted by molar-refractivity contribution is 9.10. The first-order valence-electron chi connectivity index (χ1n) is 6.11. The number of aromatic amines is 1. The monoisotopic (exact) mass is 308 g/mol. The van der Waals surface area contributed by atoms with Gasteiger partial charge in [0.25, 0.3) is 5.56 Å². The van der Waals surface area contributed by atoms with Crippen molar-refractivity contribution in [3.05, 3.63) is 43.5 Å². The van der Waals surface area contributed by atoms with E-state index in [0.29, 0.717) is 10.9 Å². The van der Waals surface area contributed by atoms with Gasteiger partial charge in [0.1, 0.15) is 0 Å². The molecule has 1 aromatic heterocycles. The Morgan fingerprint density at radius 2 is 1.94 bits per heavy atom. The molecular formula is C13H13BrN2O2. The van der Waals surface area contributed by atoms with Crippen LogP contribution in [0.1, 0.15) is 31.7 Å². The largest absolute Gasteiger partial charge is 0.329 e. The van der Waals surface area contributed by atoms with Gasteiger partial charge >= 0.3 is 5.69 Å². The van der Waals surface area contributed by atoms with E-state index in [0.717, 1.165) is 30.2 Å². The first kappa shape index (κ1) is 11.7. The minimum Gasteiger partial charge on any atom is -0.307 e. The summed E-state index contributed by atoms with van der Waals surface area (Å²) in [6, 6.07) is 5.43. The highest BCUT2D eigenvalue weighted by atomic mass is 79.9. The Balaban J connectivity index is 2.36. The molecule has 1 N–H and O–H groups in total. The SMILES string of the molecule is O=c1[nH]c2cccc(Br)c2c(=O)n1C1CCCC1. The van der Waals surface area contributed by atoms with Gasteiger partial charge < -0.3 is 4.98 Å². The molecule has 94 valence electrons. The maximum absolute atomic E-state index is 12.5. The van der Waals surface area contributed by atoms with E-state index >= 15 is 0 Å². The molecule has 1 heterocycles. The molecule has 3 rings (SSSR count). The van der Waals surface area contributed by atoms with Crippen molar-refractivity contribution in [1.82, 2.24) is 9.55 Å². The summed E-state index contributed by atoms with van der Waals surface area (Å²) in [5, 5.41) is 0.559. The van der Waals surface area contributed by atoms with Crippen molar-refractivity contribution in [2.24, 2.45) is 0 Å². The molecule has 1 aliphatic carbocycles. The topological polar surface area (TPSA) is 54.9 Å². The summed E-state index contributed by atoms with van der Waals surface area (Å²) >= 11 is 3.38. The molecule has 1 saturated carbocycles. The first-order valence-corrected chi connectivity index (χ1v) is 6.91. The Morgan fingerprint density at radius 3 is 2.67 bits per heavy atom. The molecule has 0 radical (unpaired) electrons. The molecule has 1 aliphatic rings. The third-order valence-electron chi connectivity index (χ3n) is 3.60. The maximum Gasteiger partial charge on any atom is 0.329 e. The van der Waals surface area contributed by atoms with E-state index < -0.39 is 0 Å². The molecule has 2 aromatic rings. The number of halogens is 1. The highest BCUT2D eigenvalue weighted by Crippen LogP contribution is 2.27. The van der Waals surface area contributed by atoms with Crippen LogP contribution in [0.15, 0.2) is 32.3 Å². The van der Waals surface area contributed by atoms with E-state index in [-0.39, 0.29) is 17.3 Å². The van der Waals surface area contributed by atoms with Gasteiger partial charge in [-0.25, -0.2) is 4.79 Å². The Bertz CT molecular complexity index is 711. The van der Waals surface area contributed by atoms with Gasteiger partial charge in [-0.05, 0) is 40.9 Å². The van der Waals surface area contributed by atoms with Crippen molar-refractivity contribution in [2.75, 3.05) is 0 Å². The first-order chi connectivity index (χ1) is 8.68. The van der Waals surface area contributed by atoms with Gasteiger partial charge in [-0.2, -0.15) is 0 Å². The summed E-state index contributed by atoms with van der Waals surface area (Å²) in [5.74, 6) is 0. The van der Waals surface area contributed by atoms with Crippen LogP contribution in [0.5, 0.6) is 0 Å². The van der Waals surface area contributed by atoms with Gasteiger partial charge in [-0.3, -0.25) is 9.36 Å². The van der Waals surface area contributed by atoms with E-state index in [2.05, 4.69) is 20.9 Å². The molecule has 18 heavy (non-hydrogen) atoms. The van der Waals surface area contributed by atoms with Crippen LogP contribution in [-0.2, 0) is 0 Å². The van der Waals surface area contributed by atoms with Crippen LogP contribution < -0.4 is 11.2 Å². The smallest absolute Gasteiger partial charge is 0.307 e. The molecule has 1 fully saturated rings. The number of nitrogens with zero attached hydrogens (tertiary/aromatic N) is 1. The Morgan fingerprint density at radius 1 is 1.22 bits per heavy atom. The second kappa shape index (κ2) is 4.39. The molecule has 0 unspecified atom stereocenters. The molecule has 1 aromatic carbocycles. The third-order valence-corrected chi connectivity index (χ3v) is 4.26. The van der Waals surface area contributed by atoms with Gasteiger partial charge in [0, 0.05) is 10.5 Å². The van der Waals surface area contributed by atoms with E-state index in [1.807, 2.05) is 12.1 Å². The average Bonchev–Trinajstić information content (AvgIpc) is 2.82. The number of nitrogens with one attached hydrogen (secondary N) is 1. The highest BCUT2D eigenvalue weighted by Gasteiger charge is 2.21. The summed E-state index contributed by atoms with van der Waals surface area (Å²) in [4.78, 5) is 27.3. The van der Waals surface area contributed by atoms with Gasteiger partial charge in [-0.15, -0.1) is 0 Å². The van der Waals surface area contributed by atoms with Gasteiger partial charge in [0.05, 0.1) is 10.9 Å². The lowest BCUT2D eigenvalue weighted by Crippen LogP contribution is -2.37. The Labute approximate surface area is 112 Å². The van der Waals surface area contributed by atoms with Crippen molar-refractivity contribution in [3.8, 4) is 0 Å². The fourth-order valence-electron chi connectivity index (χ4n) is 2.73. The summed E-state index contributed by atoms with van der Waals surface area (Å²) in [7, 11) is 0. The number of benzene rings is 1. The molecule has 0 amide bonds. The van der Waals surface area contributed by atoms with Gasteiger partial charge in [0.15, 0.2) is 0 Å². The maximum atomic E-state index is 12.5. The number of H-pyrrole nitrogens is 1. The molecule has 5 heteroatoms. The summed E-state index contributed by atoms with van der Waals surface area (Å²) < 4.78 is 2.12. The number of fused-ring (bicyclic) bond motifs is 1. The molecular weight excluding hydrogens is 296 g/mol. The zero-order chi connectivity index (χ0) is 12.7. The summed E-state index contributed by atoms with van der Waals surface area (Å²) in [6.45, 7) is 0. The summed E-state index contributed by atoms with van der Waals surface area (Å²) in [5.41, 5.74) is 0.110. The molecule has 0 bridgehead atoms. The number of hydrogen-bond donors (Lipinski definition) is 1. The van der Waals surface area contributed by atoms with Crippen molar-refractivity contribution >= 4 is 26.8 Å². The number of hydrogen-bond acceptors (Lipinski definition) is 2. The van der Waals surface area contributed by atoms with E-state index in [4.69, 9.17) is 0 Å². The third kappa shape index (κ3) is 1.73. The molecule has 4 nitrogen and oxygen atoms in total. The summed E-state index contributed by atoms with van der Waals surface area (Å²) in [6.07, 6.45) is 4.01. The van der Waals surface area contributed by atoms with Crippen molar-refractivity contribution in [2.45, 2.75) is 31.7 Å². The van der Waals surface area contributed by atoms with E-state index in [1.165, 1.54) is 4.57 Å². The van der Waals surface area contributed by atoms with E-state index in [1.54, 1.807) is 6.07 Å². The fourth-order valence-corrected chi connectivity index (χ4v) is 3.26. The van der Waals surface area contributed by atoms with Crippen LogP contribution >= 0.6 is 15.9 Å². The predicted octanol–water partition coefficient (Wildman–Crippen LogP) is 2.57. The van der Waals surface area contributed by atoms with Crippen molar-refractivity contribution in [3.63, 3.8) is 0 Å². The quantitative estimate of drug-likeness (QED) is 0.880. The van der Waals surface area contributed by atoms with Crippen LogP contribution in [0, 0.1) is 0 Å². The Hall–Kier alpha value is -1.36. The standard InChI is InChI=1S/C13H13BrN2O2/c14-9-6-3-7-10-11(9)12(17)16(13(18)15-10)8-4-1-2-5-8/h3,6-8H,1-2,4-5H2,(H,15,18). The van der Waals surface area contributed by atoms with Crippen LogP contribution in [0.25, 0.3) is 10.9 Å². The molecule has 0 atom stereocenters.